The molecule has 6 nitrogen and oxygen atoms in total. The zero-order valence-corrected chi connectivity index (χ0v) is 10.5. The average Bonchev–Trinajstić information content (AvgIpc) is 3.15. The van der Waals surface area contributed by atoms with Gasteiger partial charge in [-0.05, 0) is 26.2 Å². The number of carboxylic acids is 1. The van der Waals surface area contributed by atoms with Crippen LogP contribution in [0.25, 0.3) is 0 Å². The summed E-state index contributed by atoms with van der Waals surface area (Å²) in [7, 11) is 0. The lowest BCUT2D eigenvalue weighted by Crippen LogP contribution is -2.45. The van der Waals surface area contributed by atoms with Gasteiger partial charge in [-0.2, -0.15) is 0 Å². The van der Waals surface area contributed by atoms with Gasteiger partial charge < -0.3 is 15.0 Å². The Morgan fingerprint density at radius 1 is 1.67 bits per heavy atom. The maximum absolute atomic E-state index is 12.1. The van der Waals surface area contributed by atoms with Crippen molar-refractivity contribution >= 4 is 11.8 Å². The average molecular weight is 251 g/mol. The first kappa shape index (κ1) is 12.6. The molecule has 98 valence electrons. The number of carbonyl (C=O) groups is 1. The van der Waals surface area contributed by atoms with E-state index in [-0.39, 0.29) is 17.4 Å². The summed E-state index contributed by atoms with van der Waals surface area (Å²) in [5, 5.41) is 11.9. The van der Waals surface area contributed by atoms with E-state index in [4.69, 9.17) is 0 Å². The molecule has 2 rings (SSSR count). The Bertz CT molecular complexity index is 522. The molecule has 1 aliphatic carbocycles. The molecule has 1 aromatic heterocycles. The molecule has 1 aromatic rings. The van der Waals surface area contributed by atoms with Crippen LogP contribution in [0.5, 0.6) is 0 Å². The molecule has 2 N–H and O–H groups in total. The van der Waals surface area contributed by atoms with Gasteiger partial charge in [0, 0.05) is 18.4 Å². The van der Waals surface area contributed by atoms with Crippen LogP contribution in [0.1, 0.15) is 39.2 Å². The van der Waals surface area contributed by atoms with E-state index in [0.717, 1.165) is 12.8 Å². The normalized spacial score (nSPS) is 18.1. The minimum Gasteiger partial charge on any atom is -0.480 e. The highest BCUT2D eigenvalue weighted by atomic mass is 16.4. The Kier molecular flexibility index (Phi) is 3.11. The summed E-state index contributed by atoms with van der Waals surface area (Å²) in [5.74, 6) is -0.885. The predicted octanol–water partition coefficient (Wildman–Crippen LogP) is 1.24. The van der Waals surface area contributed by atoms with Crippen LogP contribution < -0.4 is 10.9 Å². The first-order chi connectivity index (χ1) is 8.48. The van der Waals surface area contributed by atoms with Crippen LogP contribution in [0.4, 0.5) is 5.82 Å². The van der Waals surface area contributed by atoms with Crippen molar-refractivity contribution in [1.29, 1.82) is 0 Å². The SMILES string of the molecule is CCC(C)(Nc1nccn(C2CC2)c1=O)C(=O)O. The van der Waals surface area contributed by atoms with E-state index in [0.29, 0.717) is 6.42 Å². The molecule has 0 saturated heterocycles. The fraction of sp³-hybridized carbons (Fsp3) is 0.583. The Hall–Kier alpha value is -1.85. The van der Waals surface area contributed by atoms with Gasteiger partial charge in [0.1, 0.15) is 5.54 Å². The fourth-order valence-corrected chi connectivity index (χ4v) is 1.71. The molecule has 0 aliphatic heterocycles. The molecule has 1 fully saturated rings. The number of aromatic nitrogens is 2. The number of hydrogen-bond donors (Lipinski definition) is 2. The van der Waals surface area contributed by atoms with Gasteiger partial charge in [0.05, 0.1) is 0 Å². The molecule has 1 aliphatic rings. The van der Waals surface area contributed by atoms with Crippen molar-refractivity contribution in [3.05, 3.63) is 22.7 Å². The predicted molar refractivity (Wildman–Crippen MR) is 66.7 cm³/mol. The third-order valence-corrected chi connectivity index (χ3v) is 3.38. The number of nitrogens with zero attached hydrogens (tertiary/aromatic N) is 2. The molecule has 18 heavy (non-hydrogen) atoms. The lowest BCUT2D eigenvalue weighted by Gasteiger charge is -2.24. The zero-order valence-electron chi connectivity index (χ0n) is 10.5. The van der Waals surface area contributed by atoms with Gasteiger partial charge in [-0.1, -0.05) is 6.92 Å². The van der Waals surface area contributed by atoms with Gasteiger partial charge in [-0.15, -0.1) is 0 Å². The molecular weight excluding hydrogens is 234 g/mol. The second-order valence-corrected chi connectivity index (χ2v) is 4.84. The largest absolute Gasteiger partial charge is 0.480 e. The molecule has 1 heterocycles. The number of nitrogens with one attached hydrogen (secondary N) is 1. The summed E-state index contributed by atoms with van der Waals surface area (Å²) in [6.07, 6.45) is 5.53. The van der Waals surface area contributed by atoms with Crippen molar-refractivity contribution in [2.45, 2.75) is 44.7 Å². The molecule has 6 heteroatoms. The van der Waals surface area contributed by atoms with Crippen LogP contribution in [-0.4, -0.2) is 26.2 Å². The Labute approximate surface area is 105 Å². The highest BCUT2D eigenvalue weighted by Gasteiger charge is 2.33. The molecular formula is C12H17N3O3. The summed E-state index contributed by atoms with van der Waals surface area (Å²) in [5.41, 5.74) is -1.42. The summed E-state index contributed by atoms with van der Waals surface area (Å²) >= 11 is 0. The van der Waals surface area contributed by atoms with Crippen molar-refractivity contribution in [1.82, 2.24) is 9.55 Å². The maximum atomic E-state index is 12.1. The number of hydrogen-bond acceptors (Lipinski definition) is 4. The van der Waals surface area contributed by atoms with Crippen LogP contribution >= 0.6 is 0 Å². The smallest absolute Gasteiger partial charge is 0.329 e. The summed E-state index contributed by atoms with van der Waals surface area (Å²) in [6, 6.07) is 0.249. The lowest BCUT2D eigenvalue weighted by atomic mass is 9.99. The Morgan fingerprint density at radius 3 is 2.83 bits per heavy atom. The van der Waals surface area contributed by atoms with Crippen LogP contribution in [0.15, 0.2) is 17.2 Å². The quantitative estimate of drug-likeness (QED) is 0.822. The molecule has 1 atom stereocenters. The highest BCUT2D eigenvalue weighted by molar-refractivity contribution is 5.81. The fourth-order valence-electron chi connectivity index (χ4n) is 1.71. The van der Waals surface area contributed by atoms with Crippen molar-refractivity contribution < 1.29 is 9.90 Å². The number of carboxylic acid groups (broad SMARTS) is 1. The number of rotatable bonds is 5. The van der Waals surface area contributed by atoms with E-state index in [1.54, 1.807) is 24.6 Å². The molecule has 0 bridgehead atoms. The van der Waals surface area contributed by atoms with Crippen LogP contribution in [-0.2, 0) is 4.79 Å². The standard InChI is InChI=1S/C12H17N3O3/c1-3-12(2,11(17)18)14-9-10(16)15(7-6-13-9)8-4-5-8/h6-8H,3-5H2,1-2H3,(H,13,14)(H,17,18). The maximum Gasteiger partial charge on any atom is 0.329 e. The van der Waals surface area contributed by atoms with Crippen molar-refractivity contribution in [3.63, 3.8) is 0 Å². The van der Waals surface area contributed by atoms with Gasteiger partial charge in [-0.25, -0.2) is 9.78 Å². The van der Waals surface area contributed by atoms with Crippen LogP contribution in [0.3, 0.4) is 0 Å². The topological polar surface area (TPSA) is 84.2 Å². The molecule has 1 unspecified atom stereocenters. The molecule has 0 aromatic carbocycles. The van der Waals surface area contributed by atoms with E-state index in [9.17, 15) is 14.7 Å². The molecule has 1 saturated carbocycles. The van der Waals surface area contributed by atoms with Gasteiger partial charge in [-0.3, -0.25) is 4.79 Å². The monoisotopic (exact) mass is 251 g/mol. The zero-order chi connectivity index (χ0) is 13.3. The first-order valence-electron chi connectivity index (χ1n) is 6.06. The number of anilines is 1. The lowest BCUT2D eigenvalue weighted by molar-refractivity contribution is -0.141. The van der Waals surface area contributed by atoms with E-state index in [2.05, 4.69) is 10.3 Å². The first-order valence-corrected chi connectivity index (χ1v) is 6.06. The van der Waals surface area contributed by atoms with Crippen LogP contribution in [0.2, 0.25) is 0 Å². The third kappa shape index (κ3) is 2.23. The van der Waals surface area contributed by atoms with Gasteiger partial charge >= 0.3 is 5.97 Å². The minimum atomic E-state index is -1.17. The molecule has 0 radical (unpaired) electrons. The highest BCUT2D eigenvalue weighted by Crippen LogP contribution is 2.33. The Balaban J connectivity index is 2.32. The summed E-state index contributed by atoms with van der Waals surface area (Å²) in [6.45, 7) is 3.30. The summed E-state index contributed by atoms with van der Waals surface area (Å²) in [4.78, 5) is 27.3. The van der Waals surface area contributed by atoms with Crippen molar-refractivity contribution in [2.75, 3.05) is 5.32 Å². The van der Waals surface area contributed by atoms with Crippen LogP contribution in [0, 0.1) is 0 Å². The van der Waals surface area contributed by atoms with E-state index >= 15 is 0 Å². The molecule has 0 amide bonds. The van der Waals surface area contributed by atoms with E-state index in [1.807, 2.05) is 0 Å². The molecule has 0 spiro atoms. The minimum absolute atomic E-state index is 0.108. The Morgan fingerprint density at radius 2 is 2.33 bits per heavy atom. The third-order valence-electron chi connectivity index (χ3n) is 3.38. The van der Waals surface area contributed by atoms with Gasteiger partial charge in [0.2, 0.25) is 0 Å². The van der Waals surface area contributed by atoms with Crippen molar-refractivity contribution in [2.24, 2.45) is 0 Å². The van der Waals surface area contributed by atoms with Crippen molar-refractivity contribution in [3.8, 4) is 0 Å². The van der Waals surface area contributed by atoms with E-state index in [1.165, 1.54) is 6.20 Å². The van der Waals surface area contributed by atoms with Gasteiger partial charge in [0.15, 0.2) is 5.82 Å². The van der Waals surface area contributed by atoms with Gasteiger partial charge in [0.25, 0.3) is 5.56 Å². The summed E-state index contributed by atoms with van der Waals surface area (Å²) < 4.78 is 1.62. The van der Waals surface area contributed by atoms with E-state index < -0.39 is 11.5 Å². The second-order valence-electron chi connectivity index (χ2n) is 4.84. The number of aliphatic carboxylic acids is 1. The second kappa shape index (κ2) is 4.44.